The van der Waals surface area contributed by atoms with Gasteiger partial charge in [0.1, 0.15) is 0 Å². The highest BCUT2D eigenvalue weighted by molar-refractivity contribution is 14.0. The number of amides is 1. The van der Waals surface area contributed by atoms with Crippen molar-refractivity contribution in [3.8, 4) is 0 Å². The number of hydrogen-bond acceptors (Lipinski definition) is 3. The number of halogens is 4. The zero-order chi connectivity index (χ0) is 20.3. The van der Waals surface area contributed by atoms with E-state index in [4.69, 9.17) is 0 Å². The Morgan fingerprint density at radius 2 is 2.04 bits per heavy atom. The van der Waals surface area contributed by atoms with Crippen molar-refractivity contribution in [2.45, 2.75) is 12.7 Å². The summed E-state index contributed by atoms with van der Waals surface area (Å²) in [5.41, 5.74) is -0.271. The number of guanidine groups is 1. The van der Waals surface area contributed by atoms with E-state index in [9.17, 15) is 18.0 Å². The van der Waals surface area contributed by atoms with Crippen molar-refractivity contribution >= 4 is 47.6 Å². The molecule has 0 aliphatic carbocycles. The van der Waals surface area contributed by atoms with E-state index in [1.807, 2.05) is 0 Å². The van der Waals surface area contributed by atoms with E-state index in [-0.39, 0.29) is 43.0 Å². The Morgan fingerprint density at radius 3 is 2.64 bits per heavy atom. The highest BCUT2D eigenvalue weighted by atomic mass is 127. The quantitative estimate of drug-likeness (QED) is 0.169. The Morgan fingerprint density at radius 1 is 1.32 bits per heavy atom. The lowest BCUT2D eigenvalue weighted by molar-refractivity contribution is -0.137. The van der Waals surface area contributed by atoms with Crippen molar-refractivity contribution < 1.29 is 18.0 Å². The normalized spacial score (nSPS) is 11.4. The van der Waals surface area contributed by atoms with Gasteiger partial charge in [-0.15, -0.1) is 30.6 Å². The summed E-state index contributed by atoms with van der Waals surface area (Å²) in [5, 5.41) is 5.98. The van der Waals surface area contributed by atoms with Crippen molar-refractivity contribution in [3.05, 3.63) is 48.0 Å². The van der Waals surface area contributed by atoms with Crippen LogP contribution in [0.1, 0.15) is 11.1 Å². The molecular weight excluding hydrogens is 504 g/mol. The Hall–Kier alpha value is -1.43. The number of thioether (sulfide) groups is 1. The molecule has 0 bridgehead atoms. The van der Waals surface area contributed by atoms with Gasteiger partial charge in [0.2, 0.25) is 5.91 Å². The van der Waals surface area contributed by atoms with E-state index in [2.05, 4.69) is 22.2 Å². The first-order chi connectivity index (χ1) is 12.7. The van der Waals surface area contributed by atoms with E-state index < -0.39 is 11.7 Å². The minimum atomic E-state index is -4.39. The third-order valence-corrected chi connectivity index (χ3v) is 4.32. The third-order valence-electron chi connectivity index (χ3n) is 3.35. The number of nitrogens with one attached hydrogen (secondary N) is 2. The van der Waals surface area contributed by atoms with E-state index in [1.165, 1.54) is 11.0 Å². The van der Waals surface area contributed by atoms with Crippen LogP contribution >= 0.6 is 35.7 Å². The van der Waals surface area contributed by atoms with Gasteiger partial charge in [-0.2, -0.15) is 24.9 Å². The lowest BCUT2D eigenvalue weighted by Crippen LogP contribution is -2.43. The summed E-state index contributed by atoms with van der Waals surface area (Å²) in [5.74, 6) is 1.87. The third kappa shape index (κ3) is 10.8. The maximum absolute atomic E-state index is 12.8. The average molecular weight is 530 g/mol. The smallest absolute Gasteiger partial charge is 0.356 e. The molecule has 1 amide bonds. The molecule has 158 valence electrons. The van der Waals surface area contributed by atoms with Gasteiger partial charge in [0.25, 0.3) is 0 Å². The molecular formula is C18H26F3IN4OS. The molecule has 28 heavy (non-hydrogen) atoms. The molecule has 0 atom stereocenters. The molecule has 0 heterocycles. The number of carbonyl (C=O) groups is 1. The molecule has 10 heteroatoms. The Balaban J connectivity index is 0.00000729. The zero-order valence-electron chi connectivity index (χ0n) is 15.9. The summed E-state index contributed by atoms with van der Waals surface area (Å²) in [7, 11) is 3.28. The highest BCUT2D eigenvalue weighted by Crippen LogP contribution is 2.29. The largest absolute Gasteiger partial charge is 0.416 e. The number of nitrogens with zero attached hydrogens (tertiary/aromatic N) is 2. The fourth-order valence-electron chi connectivity index (χ4n) is 1.92. The standard InChI is InChI=1S/C18H25F3N4OS.HI/c1-4-9-27-10-8-22-17(24-13-16(26)25(2)3)23-12-14-6-5-7-15(11-14)18(19,20)21;/h4-7,11H,1,8-10,12-13H2,2-3H3,(H2,22,23,24);1H. The average Bonchev–Trinajstić information content (AvgIpc) is 2.62. The number of benzene rings is 1. The molecule has 0 radical (unpaired) electrons. The van der Waals surface area contributed by atoms with Crippen LogP contribution in [-0.2, 0) is 17.5 Å². The van der Waals surface area contributed by atoms with Gasteiger partial charge in [-0.3, -0.25) is 4.79 Å². The van der Waals surface area contributed by atoms with Crippen LogP contribution in [0.4, 0.5) is 13.2 Å². The first-order valence-electron chi connectivity index (χ1n) is 8.31. The Kier molecular flexibility index (Phi) is 13.0. The maximum Gasteiger partial charge on any atom is 0.416 e. The SMILES string of the molecule is C=CCSCCNC(=NCc1cccc(C(F)(F)F)c1)NCC(=O)N(C)C.I. The van der Waals surface area contributed by atoms with Gasteiger partial charge in [-0.05, 0) is 17.7 Å². The fraction of sp³-hybridized carbons (Fsp3) is 0.444. The summed E-state index contributed by atoms with van der Waals surface area (Å²) in [6.45, 7) is 4.35. The van der Waals surface area contributed by atoms with E-state index >= 15 is 0 Å². The van der Waals surface area contributed by atoms with Gasteiger partial charge in [-0.1, -0.05) is 18.2 Å². The molecule has 1 rings (SSSR count). The summed E-state index contributed by atoms with van der Waals surface area (Å²) in [6, 6.07) is 5.04. The minimum Gasteiger partial charge on any atom is -0.356 e. The van der Waals surface area contributed by atoms with E-state index in [0.29, 0.717) is 18.1 Å². The second-order valence-electron chi connectivity index (χ2n) is 5.80. The summed E-state index contributed by atoms with van der Waals surface area (Å²) in [4.78, 5) is 17.5. The van der Waals surface area contributed by atoms with Crippen LogP contribution in [0.25, 0.3) is 0 Å². The molecule has 0 unspecified atom stereocenters. The molecule has 0 spiro atoms. The molecule has 0 aliphatic rings. The molecule has 1 aromatic rings. The Labute approximate surface area is 185 Å². The fourth-order valence-corrected chi connectivity index (χ4v) is 2.50. The minimum absolute atomic E-state index is 0. The van der Waals surface area contributed by atoms with Gasteiger partial charge >= 0.3 is 6.18 Å². The van der Waals surface area contributed by atoms with Gasteiger partial charge in [0.15, 0.2) is 5.96 Å². The first-order valence-corrected chi connectivity index (χ1v) is 9.46. The molecule has 0 fully saturated rings. The molecule has 0 aliphatic heterocycles. The number of carbonyl (C=O) groups excluding carboxylic acids is 1. The highest BCUT2D eigenvalue weighted by Gasteiger charge is 2.30. The lowest BCUT2D eigenvalue weighted by Gasteiger charge is -2.15. The van der Waals surface area contributed by atoms with Crippen molar-refractivity contribution in [3.63, 3.8) is 0 Å². The lowest BCUT2D eigenvalue weighted by atomic mass is 10.1. The second-order valence-corrected chi connectivity index (χ2v) is 6.94. The number of rotatable bonds is 9. The van der Waals surface area contributed by atoms with Crippen molar-refractivity contribution in [2.75, 3.05) is 38.7 Å². The monoisotopic (exact) mass is 530 g/mol. The number of hydrogen-bond donors (Lipinski definition) is 2. The maximum atomic E-state index is 12.8. The van der Waals surface area contributed by atoms with Crippen molar-refractivity contribution in [1.82, 2.24) is 15.5 Å². The zero-order valence-corrected chi connectivity index (χ0v) is 19.0. The number of alkyl halides is 3. The van der Waals surface area contributed by atoms with Gasteiger partial charge in [0, 0.05) is 32.1 Å². The van der Waals surface area contributed by atoms with Crippen LogP contribution in [0.2, 0.25) is 0 Å². The second kappa shape index (κ2) is 13.7. The number of likely N-dealkylation sites (N-methyl/N-ethyl adjacent to an activating group) is 1. The predicted molar refractivity (Wildman–Crippen MR) is 120 cm³/mol. The van der Waals surface area contributed by atoms with Gasteiger partial charge in [-0.25, -0.2) is 4.99 Å². The van der Waals surface area contributed by atoms with Crippen molar-refractivity contribution in [1.29, 1.82) is 0 Å². The van der Waals surface area contributed by atoms with E-state index in [1.54, 1.807) is 38.0 Å². The van der Waals surface area contributed by atoms with E-state index in [0.717, 1.165) is 23.6 Å². The molecule has 1 aromatic carbocycles. The van der Waals surface area contributed by atoms with Crippen LogP contribution in [-0.4, -0.2) is 55.5 Å². The molecule has 0 aromatic heterocycles. The Bertz CT molecular complexity index is 654. The van der Waals surface area contributed by atoms with Crippen molar-refractivity contribution in [2.24, 2.45) is 4.99 Å². The molecule has 2 N–H and O–H groups in total. The van der Waals surface area contributed by atoms with Gasteiger partial charge < -0.3 is 15.5 Å². The first kappa shape index (κ1) is 26.6. The van der Waals surface area contributed by atoms with Gasteiger partial charge in [0.05, 0.1) is 18.7 Å². The van der Waals surface area contributed by atoms with Crippen LogP contribution in [0.5, 0.6) is 0 Å². The molecule has 0 saturated carbocycles. The van der Waals surface area contributed by atoms with Crippen LogP contribution in [0, 0.1) is 0 Å². The summed E-state index contributed by atoms with van der Waals surface area (Å²) < 4.78 is 38.4. The topological polar surface area (TPSA) is 56.7 Å². The van der Waals surface area contributed by atoms with Crippen LogP contribution in [0.15, 0.2) is 41.9 Å². The summed E-state index contributed by atoms with van der Waals surface area (Å²) >= 11 is 1.68. The molecule has 5 nitrogen and oxygen atoms in total. The number of aliphatic imine (C=N–C) groups is 1. The molecule has 0 saturated heterocycles. The summed E-state index contributed by atoms with van der Waals surface area (Å²) in [6.07, 6.45) is -2.58. The van der Waals surface area contributed by atoms with Crippen LogP contribution in [0.3, 0.4) is 0 Å². The van der Waals surface area contributed by atoms with Crippen LogP contribution < -0.4 is 10.6 Å². The predicted octanol–water partition coefficient (Wildman–Crippen LogP) is 3.37.